The molecule has 0 heterocycles. The van der Waals surface area contributed by atoms with Gasteiger partial charge >= 0.3 is 0 Å². The van der Waals surface area contributed by atoms with Crippen molar-refractivity contribution in [2.45, 2.75) is 31.5 Å². The summed E-state index contributed by atoms with van der Waals surface area (Å²) in [7, 11) is -3.13. The second-order valence-corrected chi connectivity index (χ2v) is 8.30. The van der Waals surface area contributed by atoms with Crippen molar-refractivity contribution in [2.75, 3.05) is 25.9 Å². The lowest BCUT2D eigenvalue weighted by atomic mass is 10.2. The van der Waals surface area contributed by atoms with Crippen molar-refractivity contribution in [1.82, 2.24) is 9.62 Å². The quantitative estimate of drug-likeness (QED) is 0.559. The summed E-state index contributed by atoms with van der Waals surface area (Å²) >= 11 is 3.25. The number of carbonyl (C=O) groups is 1. The summed E-state index contributed by atoms with van der Waals surface area (Å²) in [6, 6.07) is 0. The molecule has 0 saturated heterocycles. The van der Waals surface area contributed by atoms with Crippen molar-refractivity contribution in [3.8, 4) is 0 Å². The van der Waals surface area contributed by atoms with E-state index in [-0.39, 0.29) is 5.91 Å². The van der Waals surface area contributed by atoms with Crippen LogP contribution < -0.4 is 5.32 Å². The van der Waals surface area contributed by atoms with E-state index in [2.05, 4.69) is 21.2 Å². The number of hydrogen-bond acceptors (Lipinski definition) is 3. The Balaban J connectivity index is 3.97. The standard InChI is InChI=1S/C10H21BrN2O3S/c1-5-13(17(4,15)16)8-6-7-12-9(14)10(2,3)11/h5-8H2,1-4H3,(H,12,14). The molecule has 17 heavy (non-hydrogen) atoms. The maximum atomic E-state index is 11.5. The maximum absolute atomic E-state index is 11.5. The highest BCUT2D eigenvalue weighted by atomic mass is 79.9. The van der Waals surface area contributed by atoms with Gasteiger partial charge in [0.1, 0.15) is 0 Å². The fourth-order valence-corrected chi connectivity index (χ4v) is 2.30. The van der Waals surface area contributed by atoms with Crippen LogP contribution in [0.5, 0.6) is 0 Å². The largest absolute Gasteiger partial charge is 0.355 e. The van der Waals surface area contributed by atoms with Crippen LogP contribution in [-0.2, 0) is 14.8 Å². The molecule has 0 saturated carbocycles. The lowest BCUT2D eigenvalue weighted by Gasteiger charge is -2.19. The van der Waals surface area contributed by atoms with Crippen LogP contribution >= 0.6 is 15.9 Å². The minimum atomic E-state index is -3.13. The van der Waals surface area contributed by atoms with Crippen LogP contribution in [-0.4, -0.2) is 48.8 Å². The Kier molecular flexibility index (Phi) is 6.65. The Labute approximate surface area is 112 Å². The summed E-state index contributed by atoms with van der Waals surface area (Å²) in [5.41, 5.74) is 0. The van der Waals surface area contributed by atoms with Crippen LogP contribution in [0.1, 0.15) is 27.2 Å². The van der Waals surface area contributed by atoms with E-state index in [1.54, 1.807) is 20.8 Å². The van der Waals surface area contributed by atoms with Crippen LogP contribution in [0.25, 0.3) is 0 Å². The lowest BCUT2D eigenvalue weighted by molar-refractivity contribution is -0.122. The van der Waals surface area contributed by atoms with E-state index in [0.717, 1.165) is 0 Å². The first-order valence-electron chi connectivity index (χ1n) is 5.51. The first-order chi connectivity index (χ1) is 7.59. The zero-order chi connectivity index (χ0) is 13.7. The third kappa shape index (κ3) is 7.00. The Bertz CT molecular complexity index is 349. The second-order valence-electron chi connectivity index (χ2n) is 4.34. The van der Waals surface area contributed by atoms with E-state index in [4.69, 9.17) is 0 Å². The SMILES string of the molecule is CCN(CCCNC(=O)C(C)(C)Br)S(C)(=O)=O. The first-order valence-corrected chi connectivity index (χ1v) is 8.15. The smallest absolute Gasteiger partial charge is 0.236 e. The summed E-state index contributed by atoms with van der Waals surface area (Å²) in [6.45, 7) is 6.67. The summed E-state index contributed by atoms with van der Waals surface area (Å²) < 4.78 is 23.4. The van der Waals surface area contributed by atoms with Crippen molar-refractivity contribution in [2.24, 2.45) is 0 Å². The highest BCUT2D eigenvalue weighted by molar-refractivity contribution is 9.10. The number of sulfonamides is 1. The molecule has 0 rings (SSSR count). The predicted molar refractivity (Wildman–Crippen MR) is 72.7 cm³/mol. The molecular weight excluding hydrogens is 308 g/mol. The molecule has 7 heteroatoms. The molecule has 0 spiro atoms. The molecule has 1 N–H and O–H groups in total. The van der Waals surface area contributed by atoms with E-state index >= 15 is 0 Å². The molecule has 5 nitrogen and oxygen atoms in total. The number of rotatable bonds is 7. The van der Waals surface area contributed by atoms with Crippen LogP contribution in [0, 0.1) is 0 Å². The summed E-state index contributed by atoms with van der Waals surface area (Å²) in [5, 5.41) is 2.75. The Morgan fingerprint density at radius 1 is 1.41 bits per heavy atom. The van der Waals surface area contributed by atoms with Gasteiger partial charge < -0.3 is 5.32 Å². The molecule has 0 unspecified atom stereocenters. The minimum absolute atomic E-state index is 0.0973. The number of amides is 1. The van der Waals surface area contributed by atoms with Gasteiger partial charge in [0.15, 0.2) is 0 Å². The van der Waals surface area contributed by atoms with Gasteiger partial charge in [0, 0.05) is 19.6 Å². The minimum Gasteiger partial charge on any atom is -0.355 e. The van der Waals surface area contributed by atoms with Gasteiger partial charge in [-0.1, -0.05) is 22.9 Å². The van der Waals surface area contributed by atoms with Crippen LogP contribution in [0.2, 0.25) is 0 Å². The summed E-state index contributed by atoms with van der Waals surface area (Å²) in [5.74, 6) is -0.0973. The van der Waals surface area contributed by atoms with Gasteiger partial charge in [-0.3, -0.25) is 4.79 Å². The molecule has 0 fully saturated rings. The molecule has 0 aromatic heterocycles. The van der Waals surface area contributed by atoms with E-state index < -0.39 is 14.3 Å². The van der Waals surface area contributed by atoms with Crippen molar-refractivity contribution in [3.63, 3.8) is 0 Å². The fourth-order valence-electron chi connectivity index (χ4n) is 1.23. The van der Waals surface area contributed by atoms with E-state index in [9.17, 15) is 13.2 Å². The van der Waals surface area contributed by atoms with Crippen LogP contribution in [0.3, 0.4) is 0 Å². The number of alkyl halides is 1. The molecule has 0 radical (unpaired) electrons. The van der Waals surface area contributed by atoms with Gasteiger partial charge in [-0.2, -0.15) is 0 Å². The number of hydrogen-bond donors (Lipinski definition) is 1. The van der Waals surface area contributed by atoms with Crippen LogP contribution in [0.15, 0.2) is 0 Å². The second kappa shape index (κ2) is 6.70. The fraction of sp³-hybridized carbons (Fsp3) is 0.900. The van der Waals surface area contributed by atoms with E-state index in [1.165, 1.54) is 10.6 Å². The number of nitrogens with one attached hydrogen (secondary N) is 1. The highest BCUT2D eigenvalue weighted by Gasteiger charge is 2.22. The number of nitrogens with zero attached hydrogens (tertiary/aromatic N) is 1. The van der Waals surface area contributed by atoms with Crippen LogP contribution in [0.4, 0.5) is 0 Å². The molecule has 0 aliphatic rings. The maximum Gasteiger partial charge on any atom is 0.236 e. The molecule has 0 atom stereocenters. The average molecular weight is 329 g/mol. The van der Waals surface area contributed by atoms with Gasteiger partial charge in [-0.15, -0.1) is 0 Å². The van der Waals surface area contributed by atoms with Gasteiger partial charge in [0.05, 0.1) is 10.6 Å². The number of halogens is 1. The van der Waals surface area contributed by atoms with E-state index in [1.807, 2.05) is 0 Å². The molecule has 0 bridgehead atoms. The van der Waals surface area contributed by atoms with Crippen molar-refractivity contribution < 1.29 is 13.2 Å². The van der Waals surface area contributed by atoms with E-state index in [0.29, 0.717) is 26.1 Å². The first kappa shape index (κ1) is 16.9. The Morgan fingerprint density at radius 3 is 2.29 bits per heavy atom. The normalized spacial score (nSPS) is 12.8. The van der Waals surface area contributed by atoms with Gasteiger partial charge in [0.2, 0.25) is 15.9 Å². The Hall–Kier alpha value is -0.140. The predicted octanol–water partition coefficient (Wildman–Crippen LogP) is 0.948. The zero-order valence-corrected chi connectivity index (χ0v) is 13.2. The molecule has 102 valence electrons. The third-order valence-electron chi connectivity index (χ3n) is 2.23. The molecule has 0 aromatic rings. The van der Waals surface area contributed by atoms with Gasteiger partial charge in [-0.25, -0.2) is 12.7 Å². The number of carbonyl (C=O) groups excluding carboxylic acids is 1. The summed E-state index contributed by atoms with van der Waals surface area (Å²) in [4.78, 5) is 11.5. The Morgan fingerprint density at radius 2 is 1.94 bits per heavy atom. The zero-order valence-electron chi connectivity index (χ0n) is 10.8. The topological polar surface area (TPSA) is 66.5 Å². The van der Waals surface area contributed by atoms with Crippen molar-refractivity contribution in [3.05, 3.63) is 0 Å². The lowest BCUT2D eigenvalue weighted by Crippen LogP contribution is -2.39. The highest BCUT2D eigenvalue weighted by Crippen LogP contribution is 2.15. The molecular formula is C10H21BrN2O3S. The molecule has 1 amide bonds. The van der Waals surface area contributed by atoms with Gasteiger partial charge in [-0.05, 0) is 20.3 Å². The molecule has 0 aliphatic carbocycles. The molecule has 0 aromatic carbocycles. The van der Waals surface area contributed by atoms with Gasteiger partial charge in [0.25, 0.3) is 0 Å². The van der Waals surface area contributed by atoms with Crippen molar-refractivity contribution >= 4 is 31.9 Å². The monoisotopic (exact) mass is 328 g/mol. The third-order valence-corrected chi connectivity index (χ3v) is 3.97. The van der Waals surface area contributed by atoms with Crippen molar-refractivity contribution in [1.29, 1.82) is 0 Å². The summed E-state index contributed by atoms with van der Waals surface area (Å²) in [6.07, 6.45) is 1.80. The molecule has 0 aliphatic heterocycles. The average Bonchev–Trinajstić information content (AvgIpc) is 2.13.